The van der Waals surface area contributed by atoms with Crippen LogP contribution in [0.3, 0.4) is 0 Å². The topological polar surface area (TPSA) is 72.7 Å². The molecule has 0 bridgehead atoms. The highest BCUT2D eigenvalue weighted by atomic mass is 28.4. The average Bonchev–Trinajstić information content (AvgIpc) is 1.94. The smallest absolute Gasteiger partial charge is 0.373 e. The molecule has 0 aliphatic carbocycles. The standard InChI is InChI=1S/C8H13NO3Si/c1-6-3-4-7(2)8(5-6)9-13(10,11)12/h3-5,9-12H,1-2H3. The lowest BCUT2D eigenvalue weighted by molar-refractivity contribution is 0.239. The first-order valence-corrected chi connectivity index (χ1v) is 5.75. The van der Waals surface area contributed by atoms with Gasteiger partial charge in [-0.1, -0.05) is 12.1 Å². The Morgan fingerprint density at radius 3 is 2.31 bits per heavy atom. The molecule has 1 aromatic rings. The van der Waals surface area contributed by atoms with Crippen LogP contribution in [0.5, 0.6) is 0 Å². The van der Waals surface area contributed by atoms with Gasteiger partial charge in [0.2, 0.25) is 0 Å². The molecule has 1 rings (SSSR count). The van der Waals surface area contributed by atoms with Crippen molar-refractivity contribution in [1.82, 2.24) is 0 Å². The van der Waals surface area contributed by atoms with Gasteiger partial charge in [-0.2, -0.15) is 0 Å². The average molecular weight is 199 g/mol. The number of rotatable bonds is 2. The summed E-state index contributed by atoms with van der Waals surface area (Å²) in [7, 11) is -4.20. The summed E-state index contributed by atoms with van der Waals surface area (Å²) in [5.74, 6) is 0. The molecule has 1 aromatic carbocycles. The minimum Gasteiger partial charge on any atom is -0.373 e. The molecule has 0 amide bonds. The summed E-state index contributed by atoms with van der Waals surface area (Å²) >= 11 is 0. The van der Waals surface area contributed by atoms with Crippen LogP contribution in [0.15, 0.2) is 18.2 Å². The van der Waals surface area contributed by atoms with E-state index in [1.165, 1.54) is 0 Å². The molecular weight excluding hydrogens is 186 g/mol. The van der Waals surface area contributed by atoms with Crippen LogP contribution in [0.2, 0.25) is 0 Å². The third-order valence-corrected chi connectivity index (χ3v) is 2.30. The maximum atomic E-state index is 8.83. The molecule has 0 aliphatic heterocycles. The van der Waals surface area contributed by atoms with Crippen LogP contribution in [-0.2, 0) is 0 Å². The Bertz CT molecular complexity index is 309. The highest BCUT2D eigenvalue weighted by molar-refractivity contribution is 6.60. The third-order valence-electron chi connectivity index (χ3n) is 1.70. The zero-order valence-electron chi connectivity index (χ0n) is 7.57. The largest absolute Gasteiger partial charge is 0.622 e. The molecule has 72 valence electrons. The van der Waals surface area contributed by atoms with Gasteiger partial charge in [-0.25, -0.2) is 0 Å². The van der Waals surface area contributed by atoms with E-state index in [-0.39, 0.29) is 0 Å². The first-order valence-electron chi connectivity index (χ1n) is 3.91. The molecule has 0 saturated carbocycles. The molecule has 0 saturated heterocycles. The van der Waals surface area contributed by atoms with Gasteiger partial charge >= 0.3 is 8.97 Å². The Balaban J connectivity index is 2.94. The van der Waals surface area contributed by atoms with Crippen LogP contribution in [-0.4, -0.2) is 23.4 Å². The summed E-state index contributed by atoms with van der Waals surface area (Å²) in [5.41, 5.74) is 2.41. The van der Waals surface area contributed by atoms with E-state index in [2.05, 4.69) is 4.98 Å². The molecule has 0 spiro atoms. The van der Waals surface area contributed by atoms with Crippen LogP contribution in [0.1, 0.15) is 11.1 Å². The lowest BCUT2D eigenvalue weighted by Gasteiger charge is -2.14. The van der Waals surface area contributed by atoms with Crippen molar-refractivity contribution >= 4 is 14.7 Å². The van der Waals surface area contributed by atoms with Crippen molar-refractivity contribution in [1.29, 1.82) is 0 Å². The van der Waals surface area contributed by atoms with Crippen molar-refractivity contribution < 1.29 is 14.4 Å². The predicted molar refractivity (Wildman–Crippen MR) is 51.9 cm³/mol. The summed E-state index contributed by atoms with van der Waals surface area (Å²) in [6.07, 6.45) is 0. The van der Waals surface area contributed by atoms with Gasteiger partial charge in [0, 0.05) is 5.69 Å². The summed E-state index contributed by atoms with van der Waals surface area (Å²) in [5, 5.41) is 0. The van der Waals surface area contributed by atoms with Gasteiger partial charge in [0.1, 0.15) is 0 Å². The van der Waals surface area contributed by atoms with E-state index in [0.717, 1.165) is 11.1 Å². The van der Waals surface area contributed by atoms with E-state index < -0.39 is 8.97 Å². The molecule has 0 fully saturated rings. The fourth-order valence-corrected chi connectivity index (χ4v) is 1.68. The fourth-order valence-electron chi connectivity index (χ4n) is 1.05. The molecule has 0 aromatic heterocycles. The van der Waals surface area contributed by atoms with E-state index in [1.54, 1.807) is 6.07 Å². The Kier molecular flexibility index (Phi) is 2.72. The zero-order chi connectivity index (χ0) is 10.1. The minimum atomic E-state index is -4.20. The second kappa shape index (κ2) is 3.47. The number of benzene rings is 1. The highest BCUT2D eigenvalue weighted by Crippen LogP contribution is 2.17. The van der Waals surface area contributed by atoms with Crippen molar-refractivity contribution in [3.05, 3.63) is 29.3 Å². The van der Waals surface area contributed by atoms with Crippen molar-refractivity contribution in [2.24, 2.45) is 0 Å². The van der Waals surface area contributed by atoms with Crippen molar-refractivity contribution in [3.63, 3.8) is 0 Å². The molecule has 4 N–H and O–H groups in total. The van der Waals surface area contributed by atoms with Gasteiger partial charge in [-0.15, -0.1) is 0 Å². The number of aryl methyl sites for hydroxylation is 2. The van der Waals surface area contributed by atoms with Crippen molar-refractivity contribution in [2.45, 2.75) is 13.8 Å². The number of hydrogen-bond donors (Lipinski definition) is 4. The molecule has 0 atom stereocenters. The van der Waals surface area contributed by atoms with Crippen LogP contribution in [0.4, 0.5) is 5.69 Å². The van der Waals surface area contributed by atoms with Crippen molar-refractivity contribution in [3.8, 4) is 0 Å². The van der Waals surface area contributed by atoms with Crippen LogP contribution >= 0.6 is 0 Å². The summed E-state index contributed by atoms with van der Waals surface area (Å²) in [6, 6.07) is 5.51. The second-order valence-corrected chi connectivity index (χ2v) is 4.60. The van der Waals surface area contributed by atoms with E-state index in [4.69, 9.17) is 14.4 Å². The monoisotopic (exact) mass is 199 g/mol. The SMILES string of the molecule is Cc1ccc(C)c(N[Si](O)(O)O)c1. The quantitative estimate of drug-likeness (QED) is 0.511. The highest BCUT2D eigenvalue weighted by Gasteiger charge is 2.28. The van der Waals surface area contributed by atoms with Gasteiger partial charge in [0.25, 0.3) is 0 Å². The summed E-state index contributed by atoms with van der Waals surface area (Å²) < 4.78 is 0. The first kappa shape index (κ1) is 10.2. The minimum absolute atomic E-state index is 0.555. The van der Waals surface area contributed by atoms with Gasteiger partial charge in [0.05, 0.1) is 0 Å². The summed E-state index contributed by atoms with van der Waals surface area (Å²) in [6.45, 7) is 3.71. The zero-order valence-corrected chi connectivity index (χ0v) is 8.57. The number of hydrogen-bond acceptors (Lipinski definition) is 4. The third kappa shape index (κ3) is 3.15. The van der Waals surface area contributed by atoms with Gasteiger partial charge in [0.15, 0.2) is 0 Å². The Morgan fingerprint density at radius 2 is 1.77 bits per heavy atom. The van der Waals surface area contributed by atoms with Crippen LogP contribution in [0.25, 0.3) is 0 Å². The van der Waals surface area contributed by atoms with Crippen LogP contribution in [0, 0.1) is 13.8 Å². The lowest BCUT2D eigenvalue weighted by Crippen LogP contribution is -2.44. The van der Waals surface area contributed by atoms with Crippen LogP contribution < -0.4 is 4.98 Å². The van der Waals surface area contributed by atoms with E-state index in [9.17, 15) is 0 Å². The maximum Gasteiger partial charge on any atom is 0.622 e. The van der Waals surface area contributed by atoms with E-state index >= 15 is 0 Å². The van der Waals surface area contributed by atoms with Gasteiger partial charge in [-0.05, 0) is 31.0 Å². The van der Waals surface area contributed by atoms with E-state index in [0.29, 0.717) is 5.69 Å². The Labute approximate surface area is 77.9 Å². The first-order chi connectivity index (χ1) is 5.88. The van der Waals surface area contributed by atoms with Crippen molar-refractivity contribution in [2.75, 3.05) is 4.98 Å². The van der Waals surface area contributed by atoms with E-state index in [1.807, 2.05) is 26.0 Å². The molecule has 0 radical (unpaired) electrons. The van der Waals surface area contributed by atoms with Gasteiger partial charge in [-0.3, -0.25) is 0 Å². The molecule has 5 heteroatoms. The molecule has 0 heterocycles. The maximum absolute atomic E-state index is 8.83. The van der Waals surface area contributed by atoms with Gasteiger partial charge < -0.3 is 19.4 Å². The second-order valence-electron chi connectivity index (χ2n) is 3.08. The molecular formula is C8H13NO3Si. The Morgan fingerprint density at radius 1 is 1.15 bits per heavy atom. The lowest BCUT2D eigenvalue weighted by atomic mass is 10.1. The predicted octanol–water partition coefficient (Wildman–Crippen LogP) is 0.128. The molecule has 13 heavy (non-hydrogen) atoms. The normalized spacial score (nSPS) is 11.5. The Hall–Kier alpha value is -0.883. The number of anilines is 1. The fraction of sp³-hybridized carbons (Fsp3) is 0.250. The molecule has 0 unspecified atom stereocenters. The number of nitrogens with one attached hydrogen (secondary N) is 1. The molecule has 0 aliphatic rings. The summed E-state index contributed by atoms with van der Waals surface area (Å²) in [4.78, 5) is 28.8. The molecule has 4 nitrogen and oxygen atoms in total.